The fraction of sp³-hybridized carbons (Fsp3) is 1.00. The summed E-state index contributed by atoms with van der Waals surface area (Å²) < 4.78 is 0. The molecule has 0 saturated carbocycles. The molecule has 1 rings (SSSR count). The Kier molecular flexibility index (Phi) is 6.45. The number of nitrogens with zero attached hydrogens (tertiary/aromatic N) is 2. The molecule has 1 heterocycles. The third kappa shape index (κ3) is 3.94. The molecule has 1 fully saturated rings. The van der Waals surface area contributed by atoms with Crippen LogP contribution in [0.1, 0.15) is 41.0 Å². The summed E-state index contributed by atoms with van der Waals surface area (Å²) in [6.45, 7) is 17.4. The molecule has 0 aliphatic carbocycles. The van der Waals surface area contributed by atoms with Crippen LogP contribution in [0.2, 0.25) is 0 Å². The second kappa shape index (κ2) is 7.34. The Balaban J connectivity index is 2.43. The number of likely N-dealkylation sites (N-methyl/N-ethyl adjacent to an activating group) is 2. The highest BCUT2D eigenvalue weighted by atomic mass is 15.3. The first-order chi connectivity index (χ1) is 8.13. The molecule has 17 heavy (non-hydrogen) atoms. The van der Waals surface area contributed by atoms with Gasteiger partial charge in [-0.05, 0) is 39.9 Å². The van der Waals surface area contributed by atoms with Gasteiger partial charge in [-0.25, -0.2) is 0 Å². The molecule has 1 N–H and O–H groups in total. The molecule has 0 aromatic rings. The lowest BCUT2D eigenvalue weighted by Crippen LogP contribution is -2.47. The minimum absolute atomic E-state index is 0.593. The average molecular weight is 241 g/mol. The second-order valence-electron chi connectivity index (χ2n) is 5.25. The predicted octanol–water partition coefficient (Wildman–Crippen LogP) is 1.79. The summed E-state index contributed by atoms with van der Waals surface area (Å²) in [6, 6.07) is 2.02. The average Bonchev–Trinajstić information content (AvgIpc) is 2.79. The fourth-order valence-corrected chi connectivity index (χ4v) is 2.98. The Morgan fingerprint density at radius 2 is 1.88 bits per heavy atom. The predicted molar refractivity (Wildman–Crippen MR) is 75.5 cm³/mol. The van der Waals surface area contributed by atoms with E-state index in [2.05, 4.69) is 49.7 Å². The maximum atomic E-state index is 3.54. The van der Waals surface area contributed by atoms with Crippen molar-refractivity contribution in [2.24, 2.45) is 0 Å². The Morgan fingerprint density at radius 3 is 2.41 bits per heavy atom. The molecule has 102 valence electrons. The van der Waals surface area contributed by atoms with Gasteiger partial charge in [-0.2, -0.15) is 0 Å². The first kappa shape index (κ1) is 14.9. The Labute approximate surface area is 108 Å². The lowest BCUT2D eigenvalue weighted by molar-refractivity contribution is 0.176. The summed E-state index contributed by atoms with van der Waals surface area (Å²) in [6.07, 6.45) is 1.34. The van der Waals surface area contributed by atoms with Gasteiger partial charge in [0.2, 0.25) is 0 Å². The van der Waals surface area contributed by atoms with Crippen LogP contribution in [0.25, 0.3) is 0 Å². The maximum absolute atomic E-state index is 3.54. The molecule has 3 unspecified atom stereocenters. The number of hydrogen-bond acceptors (Lipinski definition) is 3. The zero-order valence-electron chi connectivity index (χ0n) is 12.4. The van der Waals surface area contributed by atoms with E-state index in [0.29, 0.717) is 12.1 Å². The largest absolute Gasteiger partial charge is 0.313 e. The van der Waals surface area contributed by atoms with Gasteiger partial charge in [0.05, 0.1) is 0 Å². The van der Waals surface area contributed by atoms with E-state index in [1.165, 1.54) is 32.6 Å². The molecule has 0 spiro atoms. The van der Waals surface area contributed by atoms with Crippen LogP contribution in [0.15, 0.2) is 0 Å². The third-order valence-corrected chi connectivity index (χ3v) is 4.35. The summed E-state index contributed by atoms with van der Waals surface area (Å²) >= 11 is 0. The Morgan fingerprint density at radius 1 is 1.24 bits per heavy atom. The molecule has 0 bridgehead atoms. The van der Waals surface area contributed by atoms with E-state index in [-0.39, 0.29) is 0 Å². The smallest absolute Gasteiger partial charge is 0.0235 e. The molecule has 1 aliphatic heterocycles. The van der Waals surface area contributed by atoms with E-state index in [1.54, 1.807) is 0 Å². The highest BCUT2D eigenvalue weighted by Gasteiger charge is 2.30. The lowest BCUT2D eigenvalue weighted by atomic mass is 10.1. The van der Waals surface area contributed by atoms with Crippen LogP contribution in [0, 0.1) is 0 Å². The van der Waals surface area contributed by atoms with Crippen molar-refractivity contribution in [3.05, 3.63) is 0 Å². The van der Waals surface area contributed by atoms with Crippen LogP contribution in [0.4, 0.5) is 0 Å². The first-order valence-corrected chi connectivity index (χ1v) is 7.35. The van der Waals surface area contributed by atoms with E-state index < -0.39 is 0 Å². The summed E-state index contributed by atoms with van der Waals surface area (Å²) in [7, 11) is 0. The molecule has 1 saturated heterocycles. The van der Waals surface area contributed by atoms with Crippen molar-refractivity contribution in [3.8, 4) is 0 Å². The molecule has 0 radical (unpaired) electrons. The van der Waals surface area contributed by atoms with Crippen LogP contribution in [0.5, 0.6) is 0 Å². The molecular weight excluding hydrogens is 210 g/mol. The van der Waals surface area contributed by atoms with Crippen LogP contribution < -0.4 is 5.32 Å². The van der Waals surface area contributed by atoms with Crippen LogP contribution in [0.3, 0.4) is 0 Å². The SMILES string of the molecule is CCNC(C)C(C)N1CCC(N(CC)CC)C1. The quantitative estimate of drug-likeness (QED) is 0.733. The monoisotopic (exact) mass is 241 g/mol. The standard InChI is InChI=1S/C14H31N3/c1-6-15-12(4)13(5)17-10-9-14(11-17)16(7-2)8-3/h12-15H,6-11H2,1-5H3. The fourth-order valence-electron chi connectivity index (χ4n) is 2.98. The summed E-state index contributed by atoms with van der Waals surface area (Å²) in [5.74, 6) is 0. The first-order valence-electron chi connectivity index (χ1n) is 7.35. The molecule has 3 nitrogen and oxygen atoms in total. The van der Waals surface area contributed by atoms with Gasteiger partial charge in [0.15, 0.2) is 0 Å². The highest BCUT2D eigenvalue weighted by Crippen LogP contribution is 2.19. The molecule has 0 aromatic heterocycles. The summed E-state index contributed by atoms with van der Waals surface area (Å²) in [5, 5.41) is 3.54. The molecular formula is C14H31N3. The van der Waals surface area contributed by atoms with Crippen molar-refractivity contribution in [3.63, 3.8) is 0 Å². The number of hydrogen-bond donors (Lipinski definition) is 1. The topological polar surface area (TPSA) is 18.5 Å². The zero-order valence-corrected chi connectivity index (χ0v) is 12.4. The van der Waals surface area contributed by atoms with Crippen LogP contribution in [-0.4, -0.2) is 60.6 Å². The van der Waals surface area contributed by atoms with E-state index in [1.807, 2.05) is 0 Å². The van der Waals surface area contributed by atoms with Gasteiger partial charge in [-0.15, -0.1) is 0 Å². The molecule has 0 aromatic carbocycles. The minimum atomic E-state index is 0.593. The van der Waals surface area contributed by atoms with Gasteiger partial charge in [0.25, 0.3) is 0 Å². The van der Waals surface area contributed by atoms with E-state index in [0.717, 1.165) is 12.6 Å². The van der Waals surface area contributed by atoms with Gasteiger partial charge in [-0.1, -0.05) is 20.8 Å². The van der Waals surface area contributed by atoms with E-state index >= 15 is 0 Å². The van der Waals surface area contributed by atoms with Crippen LogP contribution >= 0.6 is 0 Å². The number of likely N-dealkylation sites (tertiary alicyclic amines) is 1. The number of rotatable bonds is 7. The lowest BCUT2D eigenvalue weighted by Gasteiger charge is -2.31. The summed E-state index contributed by atoms with van der Waals surface area (Å²) in [4.78, 5) is 5.25. The van der Waals surface area contributed by atoms with Crippen molar-refractivity contribution in [2.45, 2.75) is 59.2 Å². The van der Waals surface area contributed by atoms with Crippen molar-refractivity contribution >= 4 is 0 Å². The third-order valence-electron chi connectivity index (χ3n) is 4.35. The highest BCUT2D eigenvalue weighted by molar-refractivity contribution is 4.88. The maximum Gasteiger partial charge on any atom is 0.0235 e. The van der Waals surface area contributed by atoms with Crippen molar-refractivity contribution in [1.29, 1.82) is 0 Å². The molecule has 3 atom stereocenters. The van der Waals surface area contributed by atoms with E-state index in [9.17, 15) is 0 Å². The van der Waals surface area contributed by atoms with Crippen molar-refractivity contribution in [1.82, 2.24) is 15.1 Å². The molecule has 3 heteroatoms. The van der Waals surface area contributed by atoms with Gasteiger partial charge in [0.1, 0.15) is 0 Å². The van der Waals surface area contributed by atoms with Crippen molar-refractivity contribution < 1.29 is 0 Å². The van der Waals surface area contributed by atoms with E-state index in [4.69, 9.17) is 0 Å². The van der Waals surface area contributed by atoms with Crippen molar-refractivity contribution in [2.75, 3.05) is 32.7 Å². The number of nitrogens with one attached hydrogen (secondary N) is 1. The van der Waals surface area contributed by atoms with Gasteiger partial charge in [0, 0.05) is 31.2 Å². The molecule has 0 amide bonds. The minimum Gasteiger partial charge on any atom is -0.313 e. The normalized spacial score (nSPS) is 25.4. The van der Waals surface area contributed by atoms with Gasteiger partial charge in [-0.3, -0.25) is 9.80 Å². The van der Waals surface area contributed by atoms with Crippen LogP contribution in [-0.2, 0) is 0 Å². The Bertz CT molecular complexity index is 204. The summed E-state index contributed by atoms with van der Waals surface area (Å²) in [5.41, 5.74) is 0. The Hall–Kier alpha value is -0.120. The molecule has 1 aliphatic rings. The zero-order chi connectivity index (χ0) is 12.8. The van der Waals surface area contributed by atoms with Gasteiger partial charge >= 0.3 is 0 Å². The van der Waals surface area contributed by atoms with Gasteiger partial charge < -0.3 is 5.32 Å². The second-order valence-corrected chi connectivity index (χ2v) is 5.25.